The van der Waals surface area contributed by atoms with Gasteiger partial charge in [0.15, 0.2) is 0 Å². The molecule has 0 N–H and O–H groups in total. The fourth-order valence-corrected chi connectivity index (χ4v) is 5.59. The topological polar surface area (TPSA) is 48.5 Å². The molecule has 5 aromatic heterocycles. The fourth-order valence-electron chi connectivity index (χ4n) is 5.59. The molecule has 0 radical (unpaired) electrons. The SMILES string of the molecule is c1ccc(-c2cccnc2-n2c3ccccc3c3cc4c5ncccc5n(-c5ccccc5)c4nc32)cc1. The van der Waals surface area contributed by atoms with Gasteiger partial charge in [0.05, 0.1) is 16.6 Å². The lowest BCUT2D eigenvalue weighted by molar-refractivity contribution is 1.05. The molecule has 0 saturated heterocycles. The summed E-state index contributed by atoms with van der Waals surface area (Å²) in [6, 6.07) is 39.7. The second kappa shape index (κ2) is 8.11. The average molecular weight is 488 g/mol. The van der Waals surface area contributed by atoms with Gasteiger partial charge >= 0.3 is 0 Å². The lowest BCUT2D eigenvalue weighted by Crippen LogP contribution is -2.02. The van der Waals surface area contributed by atoms with Crippen LogP contribution in [-0.4, -0.2) is 24.1 Å². The maximum Gasteiger partial charge on any atom is 0.149 e. The van der Waals surface area contributed by atoms with Crippen LogP contribution in [0.1, 0.15) is 0 Å². The third-order valence-electron chi connectivity index (χ3n) is 7.22. The molecule has 0 atom stereocenters. The first-order valence-electron chi connectivity index (χ1n) is 12.6. The molecular weight excluding hydrogens is 466 g/mol. The smallest absolute Gasteiger partial charge is 0.149 e. The summed E-state index contributed by atoms with van der Waals surface area (Å²) >= 11 is 0. The van der Waals surface area contributed by atoms with Gasteiger partial charge in [0.1, 0.15) is 17.1 Å². The zero-order valence-corrected chi connectivity index (χ0v) is 20.4. The Bertz CT molecular complexity index is 2120. The monoisotopic (exact) mass is 487 g/mol. The molecule has 0 aliphatic rings. The van der Waals surface area contributed by atoms with Crippen molar-refractivity contribution in [3.63, 3.8) is 0 Å². The molecule has 0 fully saturated rings. The van der Waals surface area contributed by atoms with Crippen molar-refractivity contribution in [3.05, 3.63) is 128 Å². The Kier molecular flexibility index (Phi) is 4.45. The number of hydrogen-bond donors (Lipinski definition) is 0. The van der Waals surface area contributed by atoms with Crippen LogP contribution in [0.3, 0.4) is 0 Å². The number of para-hydroxylation sites is 2. The molecular formula is C33H21N5. The lowest BCUT2D eigenvalue weighted by Gasteiger charge is -2.12. The van der Waals surface area contributed by atoms with Crippen LogP contribution < -0.4 is 0 Å². The summed E-state index contributed by atoms with van der Waals surface area (Å²) in [6.07, 6.45) is 3.70. The van der Waals surface area contributed by atoms with Gasteiger partial charge in [-0.15, -0.1) is 0 Å². The first kappa shape index (κ1) is 20.9. The minimum Gasteiger partial charge on any atom is -0.292 e. The van der Waals surface area contributed by atoms with Crippen molar-refractivity contribution in [2.75, 3.05) is 0 Å². The Balaban J connectivity index is 1.55. The van der Waals surface area contributed by atoms with E-state index in [2.05, 4.69) is 100 Å². The van der Waals surface area contributed by atoms with Gasteiger partial charge in [0.2, 0.25) is 0 Å². The van der Waals surface area contributed by atoms with Crippen molar-refractivity contribution in [1.82, 2.24) is 24.1 Å². The molecule has 0 aliphatic heterocycles. The van der Waals surface area contributed by atoms with Gasteiger partial charge in [0.25, 0.3) is 0 Å². The molecule has 0 aliphatic carbocycles. The Labute approximate surface area is 218 Å². The van der Waals surface area contributed by atoms with Gasteiger partial charge in [-0.3, -0.25) is 14.1 Å². The van der Waals surface area contributed by atoms with Gasteiger partial charge in [-0.2, -0.15) is 0 Å². The van der Waals surface area contributed by atoms with E-state index in [0.29, 0.717) is 0 Å². The summed E-state index contributed by atoms with van der Waals surface area (Å²) in [5, 5.41) is 3.25. The van der Waals surface area contributed by atoms with Crippen LogP contribution in [0.15, 0.2) is 128 Å². The van der Waals surface area contributed by atoms with E-state index in [4.69, 9.17) is 15.0 Å². The number of hydrogen-bond acceptors (Lipinski definition) is 3. The van der Waals surface area contributed by atoms with Gasteiger partial charge < -0.3 is 0 Å². The quantitative estimate of drug-likeness (QED) is 0.256. The molecule has 38 heavy (non-hydrogen) atoms. The highest BCUT2D eigenvalue weighted by molar-refractivity contribution is 6.15. The van der Waals surface area contributed by atoms with Gasteiger partial charge in [-0.05, 0) is 54.1 Å². The number of rotatable bonds is 3. The van der Waals surface area contributed by atoms with E-state index in [9.17, 15) is 0 Å². The molecule has 0 bridgehead atoms. The second-order valence-electron chi connectivity index (χ2n) is 9.37. The van der Waals surface area contributed by atoms with Crippen molar-refractivity contribution in [2.45, 2.75) is 0 Å². The molecule has 178 valence electrons. The number of benzene rings is 3. The molecule has 5 heterocycles. The molecule has 0 spiro atoms. The van der Waals surface area contributed by atoms with Crippen LogP contribution in [-0.2, 0) is 0 Å². The Morgan fingerprint density at radius 3 is 2.05 bits per heavy atom. The van der Waals surface area contributed by atoms with E-state index in [1.807, 2.05) is 36.7 Å². The van der Waals surface area contributed by atoms with Crippen molar-refractivity contribution in [2.24, 2.45) is 0 Å². The van der Waals surface area contributed by atoms with Crippen LogP contribution in [0.25, 0.3) is 66.6 Å². The molecule has 8 rings (SSSR count). The second-order valence-corrected chi connectivity index (χ2v) is 9.37. The first-order valence-corrected chi connectivity index (χ1v) is 12.6. The minimum absolute atomic E-state index is 0.859. The summed E-state index contributed by atoms with van der Waals surface area (Å²) in [6.45, 7) is 0. The minimum atomic E-state index is 0.859. The Morgan fingerprint density at radius 1 is 0.500 bits per heavy atom. The Hall–Kier alpha value is -5.29. The van der Waals surface area contributed by atoms with Gasteiger partial charge in [-0.25, -0.2) is 9.97 Å². The third-order valence-corrected chi connectivity index (χ3v) is 7.22. The predicted octanol–water partition coefficient (Wildman–Crippen LogP) is 7.73. The number of nitrogens with zero attached hydrogens (tertiary/aromatic N) is 5. The van der Waals surface area contributed by atoms with E-state index in [-0.39, 0.29) is 0 Å². The standard InChI is InChI=1S/C33H21N5/c1-3-11-22(12-4-1)24-16-9-20-35-31(24)38-28-17-8-7-15-25(28)26-21-27-30-29(18-10-19-34-30)37(33(27)36-32(26)38)23-13-5-2-6-14-23/h1-21H. The zero-order chi connectivity index (χ0) is 25.1. The summed E-state index contributed by atoms with van der Waals surface area (Å²) in [5.41, 5.74) is 8.02. The van der Waals surface area contributed by atoms with Crippen molar-refractivity contribution < 1.29 is 0 Å². The molecule has 0 saturated carbocycles. The maximum absolute atomic E-state index is 5.39. The molecule has 5 heteroatoms. The first-order chi connectivity index (χ1) is 18.9. The summed E-state index contributed by atoms with van der Waals surface area (Å²) in [7, 11) is 0. The van der Waals surface area contributed by atoms with Crippen LogP contribution in [0, 0.1) is 0 Å². The number of fused-ring (bicyclic) bond motifs is 6. The van der Waals surface area contributed by atoms with Crippen molar-refractivity contribution >= 4 is 44.0 Å². The summed E-state index contributed by atoms with van der Waals surface area (Å²) < 4.78 is 4.41. The van der Waals surface area contributed by atoms with Crippen LogP contribution in [0.5, 0.6) is 0 Å². The maximum atomic E-state index is 5.39. The molecule has 3 aromatic carbocycles. The van der Waals surface area contributed by atoms with Gasteiger partial charge in [-0.1, -0.05) is 66.7 Å². The van der Waals surface area contributed by atoms with E-state index in [1.54, 1.807) is 0 Å². The van der Waals surface area contributed by atoms with Gasteiger partial charge in [0, 0.05) is 39.8 Å². The fraction of sp³-hybridized carbons (Fsp3) is 0. The average Bonchev–Trinajstić information content (AvgIpc) is 3.49. The highest BCUT2D eigenvalue weighted by Crippen LogP contribution is 2.38. The molecule has 8 aromatic rings. The van der Waals surface area contributed by atoms with E-state index in [0.717, 1.165) is 66.6 Å². The highest BCUT2D eigenvalue weighted by Gasteiger charge is 2.21. The Morgan fingerprint density at radius 2 is 1.18 bits per heavy atom. The van der Waals surface area contributed by atoms with E-state index < -0.39 is 0 Å². The summed E-state index contributed by atoms with van der Waals surface area (Å²) in [5.74, 6) is 0.859. The van der Waals surface area contributed by atoms with Crippen molar-refractivity contribution in [3.8, 4) is 22.6 Å². The predicted molar refractivity (Wildman–Crippen MR) is 154 cm³/mol. The number of aromatic nitrogens is 5. The lowest BCUT2D eigenvalue weighted by atomic mass is 10.1. The molecule has 5 nitrogen and oxygen atoms in total. The third kappa shape index (κ3) is 2.96. The van der Waals surface area contributed by atoms with Crippen LogP contribution in [0.4, 0.5) is 0 Å². The highest BCUT2D eigenvalue weighted by atomic mass is 15.1. The van der Waals surface area contributed by atoms with Crippen LogP contribution >= 0.6 is 0 Å². The number of pyridine rings is 3. The molecule has 0 amide bonds. The largest absolute Gasteiger partial charge is 0.292 e. The van der Waals surface area contributed by atoms with E-state index >= 15 is 0 Å². The van der Waals surface area contributed by atoms with E-state index in [1.165, 1.54) is 0 Å². The van der Waals surface area contributed by atoms with Crippen LogP contribution in [0.2, 0.25) is 0 Å². The van der Waals surface area contributed by atoms with Crippen molar-refractivity contribution in [1.29, 1.82) is 0 Å². The zero-order valence-electron chi connectivity index (χ0n) is 20.4. The summed E-state index contributed by atoms with van der Waals surface area (Å²) in [4.78, 5) is 15.1. The molecule has 0 unspecified atom stereocenters. The normalized spacial score (nSPS) is 11.7.